The summed E-state index contributed by atoms with van der Waals surface area (Å²) in [5.41, 5.74) is -0.548. The van der Waals surface area contributed by atoms with Crippen LogP contribution in [0.3, 0.4) is 0 Å². The highest BCUT2D eigenvalue weighted by molar-refractivity contribution is 6.30. The molecule has 1 atom stereocenters. The molecular weight excluding hydrogens is 513 g/mol. The molecular formula is C22H19ClF5N5O3. The van der Waals surface area contributed by atoms with E-state index in [2.05, 4.69) is 20.0 Å². The maximum atomic E-state index is 13.6. The summed E-state index contributed by atoms with van der Waals surface area (Å²) in [7, 11) is 0. The molecule has 1 N–H and O–H groups in total. The van der Waals surface area contributed by atoms with Gasteiger partial charge in [-0.05, 0) is 25.0 Å². The van der Waals surface area contributed by atoms with Gasteiger partial charge >= 0.3 is 6.36 Å². The zero-order valence-electron chi connectivity index (χ0n) is 18.4. The first-order valence-corrected chi connectivity index (χ1v) is 11.1. The second kappa shape index (κ2) is 11.0. The number of hydrogen-bond donors (Lipinski definition) is 1. The van der Waals surface area contributed by atoms with Crippen molar-refractivity contribution in [1.82, 2.24) is 15.3 Å². The van der Waals surface area contributed by atoms with Crippen LogP contribution in [0.5, 0.6) is 5.75 Å². The summed E-state index contributed by atoms with van der Waals surface area (Å²) in [6, 6.07) is 2.20. The van der Waals surface area contributed by atoms with Crippen molar-refractivity contribution in [2.24, 2.45) is 0 Å². The molecule has 8 nitrogen and oxygen atoms in total. The summed E-state index contributed by atoms with van der Waals surface area (Å²) in [6.45, 7) is 0. The summed E-state index contributed by atoms with van der Waals surface area (Å²) >= 11 is 5.78. The number of nitriles is 1. The SMILES string of the molecule is N#Cc1cc(OC(F)(F)F)ccc1N(C(=O)CCl)[C@H](C(=O)NC1CCC(F)(F)CC1)c1cncnc1. The third-order valence-electron chi connectivity index (χ3n) is 5.43. The second-order valence-corrected chi connectivity index (χ2v) is 8.22. The Morgan fingerprint density at radius 3 is 2.44 bits per heavy atom. The number of benzene rings is 1. The number of hydrogen-bond acceptors (Lipinski definition) is 6. The number of amides is 2. The molecule has 36 heavy (non-hydrogen) atoms. The number of aromatic nitrogens is 2. The van der Waals surface area contributed by atoms with E-state index < -0.39 is 66.2 Å². The number of halogens is 6. The van der Waals surface area contributed by atoms with Crippen molar-refractivity contribution in [3.8, 4) is 11.8 Å². The monoisotopic (exact) mass is 531 g/mol. The zero-order valence-corrected chi connectivity index (χ0v) is 19.2. The fourth-order valence-electron chi connectivity index (χ4n) is 3.83. The lowest BCUT2D eigenvalue weighted by Crippen LogP contribution is -2.49. The van der Waals surface area contributed by atoms with E-state index in [0.717, 1.165) is 23.1 Å². The number of alkyl halides is 6. The number of rotatable bonds is 7. The number of ether oxygens (including phenoxy) is 1. The van der Waals surface area contributed by atoms with Crippen molar-refractivity contribution in [2.45, 2.75) is 50.1 Å². The van der Waals surface area contributed by atoms with Gasteiger partial charge in [0.1, 0.15) is 30.1 Å². The van der Waals surface area contributed by atoms with Gasteiger partial charge in [0.25, 0.3) is 0 Å². The van der Waals surface area contributed by atoms with Crippen molar-refractivity contribution in [1.29, 1.82) is 5.26 Å². The molecule has 1 heterocycles. The predicted octanol–water partition coefficient (Wildman–Crippen LogP) is 4.25. The molecule has 0 bridgehead atoms. The van der Waals surface area contributed by atoms with Crippen LogP contribution in [0, 0.1) is 11.3 Å². The smallest absolute Gasteiger partial charge is 0.406 e. The lowest BCUT2D eigenvalue weighted by Gasteiger charge is -2.34. The molecule has 1 aliphatic carbocycles. The van der Waals surface area contributed by atoms with E-state index in [1.54, 1.807) is 6.07 Å². The van der Waals surface area contributed by atoms with Crippen LogP contribution in [-0.4, -0.2) is 46.0 Å². The summed E-state index contributed by atoms with van der Waals surface area (Å²) in [4.78, 5) is 34.9. The average Bonchev–Trinajstić information content (AvgIpc) is 2.83. The van der Waals surface area contributed by atoms with Gasteiger partial charge in [-0.2, -0.15) is 5.26 Å². The van der Waals surface area contributed by atoms with Gasteiger partial charge < -0.3 is 10.1 Å². The molecule has 2 aromatic rings. The molecule has 0 unspecified atom stereocenters. The molecule has 2 amide bonds. The maximum Gasteiger partial charge on any atom is 0.573 e. The Balaban J connectivity index is 2.03. The van der Waals surface area contributed by atoms with Crippen molar-refractivity contribution < 1.29 is 36.3 Å². The average molecular weight is 532 g/mol. The van der Waals surface area contributed by atoms with Crippen LogP contribution in [0.1, 0.15) is 42.9 Å². The van der Waals surface area contributed by atoms with Crippen LogP contribution < -0.4 is 15.0 Å². The van der Waals surface area contributed by atoms with Crippen LogP contribution in [-0.2, 0) is 9.59 Å². The minimum atomic E-state index is -5.03. The van der Waals surface area contributed by atoms with Crippen molar-refractivity contribution in [3.63, 3.8) is 0 Å². The fourth-order valence-corrected chi connectivity index (χ4v) is 3.96. The van der Waals surface area contributed by atoms with Crippen LogP contribution >= 0.6 is 11.6 Å². The summed E-state index contributed by atoms with van der Waals surface area (Å²) in [5.74, 6) is -5.86. The van der Waals surface area contributed by atoms with Gasteiger partial charge in [-0.15, -0.1) is 24.8 Å². The number of anilines is 1. The third-order valence-corrected chi connectivity index (χ3v) is 5.66. The first kappa shape index (κ1) is 27.1. The molecule has 192 valence electrons. The summed E-state index contributed by atoms with van der Waals surface area (Å²) < 4.78 is 68.9. The van der Waals surface area contributed by atoms with E-state index in [4.69, 9.17) is 11.6 Å². The number of nitrogens with one attached hydrogen (secondary N) is 1. The highest BCUT2D eigenvalue weighted by Crippen LogP contribution is 2.36. The van der Waals surface area contributed by atoms with Gasteiger partial charge in [-0.3, -0.25) is 14.5 Å². The van der Waals surface area contributed by atoms with Crippen LogP contribution in [0.15, 0.2) is 36.9 Å². The minimum absolute atomic E-state index is 0.00682. The Morgan fingerprint density at radius 1 is 1.25 bits per heavy atom. The van der Waals surface area contributed by atoms with E-state index in [9.17, 15) is 36.8 Å². The van der Waals surface area contributed by atoms with Crippen molar-refractivity contribution >= 4 is 29.1 Å². The van der Waals surface area contributed by atoms with Crippen LogP contribution in [0.2, 0.25) is 0 Å². The van der Waals surface area contributed by atoms with Crippen LogP contribution in [0.4, 0.5) is 27.6 Å². The van der Waals surface area contributed by atoms with Gasteiger partial charge in [0, 0.05) is 42.9 Å². The van der Waals surface area contributed by atoms with Gasteiger partial charge in [-0.25, -0.2) is 18.7 Å². The normalized spacial score (nSPS) is 16.5. The van der Waals surface area contributed by atoms with Crippen molar-refractivity contribution in [2.75, 3.05) is 10.8 Å². The maximum absolute atomic E-state index is 13.6. The predicted molar refractivity (Wildman–Crippen MR) is 116 cm³/mol. The van der Waals surface area contributed by atoms with Gasteiger partial charge in [-0.1, -0.05) is 0 Å². The van der Waals surface area contributed by atoms with Gasteiger partial charge in [0.2, 0.25) is 17.7 Å². The molecule has 1 aromatic carbocycles. The number of nitrogens with zero attached hydrogens (tertiary/aromatic N) is 4. The molecule has 0 aliphatic heterocycles. The summed E-state index contributed by atoms with van der Waals surface area (Å²) in [5, 5.41) is 12.2. The number of carbonyl (C=O) groups is 2. The van der Waals surface area contributed by atoms with Gasteiger partial charge in [0.05, 0.1) is 11.3 Å². The van der Waals surface area contributed by atoms with E-state index >= 15 is 0 Å². The highest BCUT2D eigenvalue weighted by Gasteiger charge is 2.39. The second-order valence-electron chi connectivity index (χ2n) is 7.95. The highest BCUT2D eigenvalue weighted by atomic mass is 35.5. The van der Waals surface area contributed by atoms with E-state index in [-0.39, 0.29) is 24.1 Å². The molecule has 1 fully saturated rings. The van der Waals surface area contributed by atoms with E-state index in [0.29, 0.717) is 0 Å². The standard InChI is InChI=1S/C22H19ClF5N5O3/c23-8-18(34)33(17-2-1-16(7-13(17)9-29)36-22(26,27)28)19(14-10-30-12-31-11-14)20(35)32-15-3-5-21(24,25)6-4-15/h1-2,7,10-12,15,19H,3-6,8H2,(H,32,35)/t19-/m0/s1. The molecule has 14 heteroatoms. The zero-order chi connectivity index (χ0) is 26.5. The Bertz CT molecular complexity index is 1130. The topological polar surface area (TPSA) is 108 Å². The lowest BCUT2D eigenvalue weighted by molar-refractivity contribution is -0.274. The molecule has 0 saturated heterocycles. The molecule has 1 aliphatic rings. The molecule has 3 rings (SSSR count). The van der Waals surface area contributed by atoms with Crippen molar-refractivity contribution in [3.05, 3.63) is 48.0 Å². The Kier molecular flexibility index (Phi) is 8.29. The Morgan fingerprint density at radius 2 is 1.89 bits per heavy atom. The first-order chi connectivity index (χ1) is 16.9. The fraction of sp³-hybridized carbons (Fsp3) is 0.409. The minimum Gasteiger partial charge on any atom is -0.406 e. The third kappa shape index (κ3) is 6.78. The molecule has 0 spiro atoms. The Labute approximate surface area is 207 Å². The van der Waals surface area contributed by atoms with Gasteiger partial charge in [0.15, 0.2) is 0 Å². The lowest BCUT2D eigenvalue weighted by atomic mass is 9.92. The molecule has 1 saturated carbocycles. The Hall–Kier alpha value is -3.53. The molecule has 1 aromatic heterocycles. The summed E-state index contributed by atoms with van der Waals surface area (Å²) in [6.07, 6.45) is -2.27. The first-order valence-electron chi connectivity index (χ1n) is 10.5. The van der Waals surface area contributed by atoms with E-state index in [1.165, 1.54) is 18.7 Å². The largest absolute Gasteiger partial charge is 0.573 e. The van der Waals surface area contributed by atoms with Crippen LogP contribution in [0.25, 0.3) is 0 Å². The molecule has 0 radical (unpaired) electrons. The number of carbonyl (C=O) groups excluding carboxylic acids is 2. The quantitative estimate of drug-likeness (QED) is 0.423. The van der Waals surface area contributed by atoms with E-state index in [1.807, 2.05) is 0 Å².